The Morgan fingerprint density at radius 3 is 2.00 bits per heavy atom. The second-order valence-corrected chi connectivity index (χ2v) is 8.97. The number of phenolic OH excluding ortho intramolecular Hbond substituents is 1. The number of rotatable bonds is 7. The van der Waals surface area contributed by atoms with Gasteiger partial charge in [-0.05, 0) is 97.9 Å². The summed E-state index contributed by atoms with van der Waals surface area (Å²) in [5.41, 5.74) is 8.84. The summed E-state index contributed by atoms with van der Waals surface area (Å²) < 4.78 is 15.3. The average molecular weight is 536 g/mol. The maximum absolute atomic E-state index is 10.3. The first-order valence-corrected chi connectivity index (χ1v) is 13.3. The maximum atomic E-state index is 10.3. The molecule has 0 aliphatic carbocycles. The molecule has 0 aliphatic rings. The van der Waals surface area contributed by atoms with Gasteiger partial charge in [-0.3, -0.25) is 9.78 Å². The lowest BCUT2D eigenvalue weighted by atomic mass is 9.86. The second kappa shape index (κ2) is 16.2. The molecule has 0 saturated heterocycles. The van der Waals surface area contributed by atoms with E-state index in [1.165, 1.54) is 41.9 Å². The third kappa shape index (κ3) is 8.34. The number of pyridine rings is 1. The summed E-state index contributed by atoms with van der Waals surface area (Å²) in [6.45, 7) is 16.1. The molecule has 0 atom stereocenters. The Bertz CT molecular complexity index is 1320. The van der Waals surface area contributed by atoms with Gasteiger partial charge in [0.15, 0.2) is 11.5 Å². The van der Waals surface area contributed by atoms with Crippen LogP contribution in [0.1, 0.15) is 78.5 Å². The summed E-state index contributed by atoms with van der Waals surface area (Å²) >= 11 is 0. The van der Waals surface area contributed by atoms with Gasteiger partial charge >= 0.3 is 5.97 Å². The molecule has 0 unspecified atom stereocenters. The molecule has 0 bridgehead atoms. The quantitative estimate of drug-likeness (QED) is 0.242. The Kier molecular flexibility index (Phi) is 13.8. The van der Waals surface area contributed by atoms with Crippen LogP contribution in [0.3, 0.4) is 0 Å². The highest BCUT2D eigenvalue weighted by Crippen LogP contribution is 2.40. The van der Waals surface area contributed by atoms with Crippen molar-refractivity contribution in [2.45, 2.75) is 68.2 Å². The number of phenols is 1. The fourth-order valence-corrected chi connectivity index (χ4v) is 4.36. The van der Waals surface area contributed by atoms with Gasteiger partial charge in [0.1, 0.15) is 11.3 Å². The number of aryl methyl sites for hydroxylation is 1. The number of aromatic hydroxyl groups is 1. The normalized spacial score (nSPS) is 10.7. The Labute approximate surface area is 234 Å². The van der Waals surface area contributed by atoms with Crippen LogP contribution in [0.15, 0.2) is 53.7 Å². The topological polar surface area (TPSA) is 77.9 Å². The lowest BCUT2D eigenvalue weighted by Crippen LogP contribution is -2.00. The summed E-state index contributed by atoms with van der Waals surface area (Å²) in [6.07, 6.45) is 3.71. The number of hydrogen-bond acceptors (Lipinski definition) is 6. The summed E-state index contributed by atoms with van der Waals surface area (Å²) in [7, 11) is 4.69. The van der Waals surface area contributed by atoms with E-state index in [1.54, 1.807) is 26.5 Å². The first-order valence-electron chi connectivity index (χ1n) is 13.3. The smallest absolute Gasteiger partial charge is 0.302 e. The highest BCUT2D eigenvalue weighted by molar-refractivity contribution is 6.01. The molecule has 3 aromatic rings. The van der Waals surface area contributed by atoms with Gasteiger partial charge in [-0.2, -0.15) is 0 Å². The molecule has 3 rings (SSSR count). The number of carbonyl (C=O) groups is 1. The van der Waals surface area contributed by atoms with E-state index in [2.05, 4.69) is 56.5 Å². The summed E-state index contributed by atoms with van der Waals surface area (Å²) in [4.78, 5) is 14.0. The van der Waals surface area contributed by atoms with Crippen LogP contribution >= 0.6 is 0 Å². The Balaban J connectivity index is 0.000000975. The summed E-state index contributed by atoms with van der Waals surface area (Å²) in [5, 5.41) is 11.3. The van der Waals surface area contributed by atoms with Crippen LogP contribution in [0.4, 0.5) is 0 Å². The van der Waals surface area contributed by atoms with E-state index in [4.69, 9.17) is 9.47 Å². The molecule has 0 fully saturated rings. The van der Waals surface area contributed by atoms with Crippen LogP contribution in [-0.2, 0) is 16.0 Å². The van der Waals surface area contributed by atoms with E-state index in [9.17, 15) is 9.90 Å². The Morgan fingerprint density at radius 2 is 1.49 bits per heavy atom. The predicted octanol–water partition coefficient (Wildman–Crippen LogP) is 8.40. The Hall–Kier alpha value is -3.80. The molecule has 6 nitrogen and oxygen atoms in total. The van der Waals surface area contributed by atoms with Gasteiger partial charge in [-0.15, -0.1) is 0 Å². The molecular formula is C33H45NO5. The highest BCUT2D eigenvalue weighted by Gasteiger charge is 2.18. The van der Waals surface area contributed by atoms with Gasteiger partial charge in [-0.1, -0.05) is 38.8 Å². The zero-order valence-electron chi connectivity index (χ0n) is 25.5. The molecular weight excluding hydrogens is 490 g/mol. The number of carbonyl (C=O) groups excluding carboxylic acids is 1. The zero-order chi connectivity index (χ0) is 29.7. The number of ether oxygens (including phenoxy) is 3. The minimum atomic E-state index is -0.245. The molecule has 0 aliphatic heterocycles. The second-order valence-electron chi connectivity index (χ2n) is 8.97. The molecule has 0 radical (unpaired) electrons. The van der Waals surface area contributed by atoms with E-state index < -0.39 is 0 Å². The van der Waals surface area contributed by atoms with E-state index in [1.807, 2.05) is 32.0 Å². The third-order valence-electron chi connectivity index (χ3n) is 6.28. The monoisotopic (exact) mass is 535 g/mol. The standard InChI is InChI=1S/C28H33NO3.C3H6O2.C2H6/c1-8-10-20-15-25(31-6)26(32-7)16-23(20)18(4)19(5)27(17(2)3)21-12-13-24(30)28-22(21)11-9-14-29-28;1-3(4)5-2;1-2/h9,11-16,30H,8,10H2,1-7H3;1-2H3;1-2H3/b19-18+;;. The number of esters is 1. The van der Waals surface area contributed by atoms with Crippen molar-refractivity contribution in [3.63, 3.8) is 0 Å². The summed E-state index contributed by atoms with van der Waals surface area (Å²) in [5.74, 6) is 1.43. The molecule has 39 heavy (non-hydrogen) atoms. The lowest BCUT2D eigenvalue weighted by Gasteiger charge is -2.20. The van der Waals surface area contributed by atoms with E-state index >= 15 is 0 Å². The van der Waals surface area contributed by atoms with Crippen molar-refractivity contribution < 1.29 is 24.1 Å². The van der Waals surface area contributed by atoms with Crippen molar-refractivity contribution in [2.75, 3.05) is 21.3 Å². The van der Waals surface area contributed by atoms with Gasteiger partial charge in [-0.25, -0.2) is 0 Å². The van der Waals surface area contributed by atoms with Crippen molar-refractivity contribution >= 4 is 28.0 Å². The molecule has 1 heterocycles. The van der Waals surface area contributed by atoms with Crippen LogP contribution in [0, 0.1) is 0 Å². The van der Waals surface area contributed by atoms with Crippen molar-refractivity contribution in [3.8, 4) is 17.2 Å². The van der Waals surface area contributed by atoms with Crippen molar-refractivity contribution in [2.24, 2.45) is 0 Å². The van der Waals surface area contributed by atoms with Crippen LogP contribution in [-0.4, -0.2) is 37.4 Å². The van der Waals surface area contributed by atoms with Crippen LogP contribution in [0.5, 0.6) is 17.2 Å². The lowest BCUT2D eigenvalue weighted by molar-refractivity contribution is -0.137. The van der Waals surface area contributed by atoms with Crippen molar-refractivity contribution in [3.05, 3.63) is 70.4 Å². The first-order chi connectivity index (χ1) is 18.6. The number of hydrogen-bond donors (Lipinski definition) is 1. The molecule has 212 valence electrons. The number of aromatic nitrogens is 1. The average Bonchev–Trinajstić information content (AvgIpc) is 2.95. The molecule has 2 aromatic carbocycles. The third-order valence-corrected chi connectivity index (χ3v) is 6.28. The maximum Gasteiger partial charge on any atom is 0.302 e. The summed E-state index contributed by atoms with van der Waals surface area (Å²) in [6, 6.07) is 11.8. The van der Waals surface area contributed by atoms with E-state index in [0.717, 1.165) is 40.9 Å². The van der Waals surface area contributed by atoms with Crippen molar-refractivity contribution in [1.82, 2.24) is 4.98 Å². The Morgan fingerprint density at radius 1 is 0.897 bits per heavy atom. The fourth-order valence-electron chi connectivity index (χ4n) is 4.36. The number of allylic oxidation sites excluding steroid dienone is 4. The molecule has 1 aromatic heterocycles. The van der Waals surface area contributed by atoms with Crippen molar-refractivity contribution in [1.29, 1.82) is 0 Å². The van der Waals surface area contributed by atoms with Crippen LogP contribution < -0.4 is 9.47 Å². The SMILES string of the molecule is CC.CCCc1cc(OC)c(OC)cc1/C(C)=C(\C)C(=C(C)C)c1ccc(O)c2ncccc12.COC(C)=O. The largest absolute Gasteiger partial charge is 0.506 e. The number of benzene rings is 2. The minimum absolute atomic E-state index is 0.195. The number of nitrogens with zero attached hydrogens (tertiary/aromatic N) is 1. The van der Waals surface area contributed by atoms with E-state index in [-0.39, 0.29) is 11.7 Å². The van der Waals surface area contributed by atoms with Gasteiger partial charge in [0.05, 0.1) is 21.3 Å². The van der Waals surface area contributed by atoms with Gasteiger partial charge < -0.3 is 19.3 Å². The zero-order valence-corrected chi connectivity index (χ0v) is 25.5. The molecule has 6 heteroatoms. The minimum Gasteiger partial charge on any atom is -0.506 e. The van der Waals surface area contributed by atoms with Crippen LogP contribution in [0.2, 0.25) is 0 Å². The predicted molar refractivity (Wildman–Crippen MR) is 163 cm³/mol. The fraction of sp³-hybridized carbons (Fsp3) is 0.394. The van der Waals surface area contributed by atoms with Gasteiger partial charge in [0.25, 0.3) is 0 Å². The molecule has 0 spiro atoms. The highest BCUT2D eigenvalue weighted by atomic mass is 16.5. The van der Waals surface area contributed by atoms with Gasteiger partial charge in [0.2, 0.25) is 0 Å². The number of fused-ring (bicyclic) bond motifs is 1. The molecule has 0 saturated carbocycles. The van der Waals surface area contributed by atoms with Gasteiger partial charge in [0, 0.05) is 18.5 Å². The number of methoxy groups -OCH3 is 3. The van der Waals surface area contributed by atoms with Crippen LogP contribution in [0.25, 0.3) is 22.0 Å². The van der Waals surface area contributed by atoms with E-state index in [0.29, 0.717) is 5.52 Å². The molecule has 0 amide bonds. The first kappa shape index (κ1) is 33.2. The molecule has 1 N–H and O–H groups in total.